The maximum absolute atomic E-state index is 11.9. The number of carbonyl (C=O) groups excluding carboxylic acids is 3. The van der Waals surface area contributed by atoms with E-state index in [1.165, 1.54) is 12.3 Å². The lowest BCUT2D eigenvalue weighted by Crippen LogP contribution is -2.34. The molecule has 0 N–H and O–H groups in total. The predicted octanol–water partition coefficient (Wildman–Crippen LogP) is 1.88. The fourth-order valence-corrected chi connectivity index (χ4v) is 2.29. The van der Waals surface area contributed by atoms with E-state index < -0.39 is 17.1 Å². The van der Waals surface area contributed by atoms with Crippen molar-refractivity contribution < 1.29 is 23.5 Å². The second-order valence-corrected chi connectivity index (χ2v) is 4.58. The van der Waals surface area contributed by atoms with Gasteiger partial charge in [0.25, 0.3) is 11.1 Å². The third-order valence-electron chi connectivity index (χ3n) is 2.28. The van der Waals surface area contributed by atoms with E-state index in [0.717, 1.165) is 16.7 Å². The standard InChI is InChI=1S/C12H11NO5S/c1-2-17-10(14)7-13-11(15)9(19-12(13)16)6-8-4-3-5-18-8/h3-6H,2,7H2,1H3/b9-6-. The smallest absolute Gasteiger partial charge is 0.326 e. The molecule has 1 aliphatic rings. The summed E-state index contributed by atoms with van der Waals surface area (Å²) in [4.78, 5) is 36.0. The van der Waals surface area contributed by atoms with Gasteiger partial charge in [-0.3, -0.25) is 19.3 Å². The SMILES string of the molecule is CCOC(=O)CN1C(=O)S/C(=C\c2ccco2)C1=O. The average Bonchev–Trinajstić information content (AvgIpc) is 2.95. The summed E-state index contributed by atoms with van der Waals surface area (Å²) in [7, 11) is 0. The minimum atomic E-state index is -0.607. The molecule has 19 heavy (non-hydrogen) atoms. The molecule has 0 aliphatic carbocycles. The second kappa shape index (κ2) is 5.75. The van der Waals surface area contributed by atoms with Crippen LogP contribution in [0.5, 0.6) is 0 Å². The zero-order valence-electron chi connectivity index (χ0n) is 10.1. The summed E-state index contributed by atoms with van der Waals surface area (Å²) < 4.78 is 9.78. The van der Waals surface area contributed by atoms with Crippen molar-refractivity contribution in [2.45, 2.75) is 6.92 Å². The summed E-state index contributed by atoms with van der Waals surface area (Å²) in [5.41, 5.74) is 0. The molecule has 2 amide bonds. The van der Waals surface area contributed by atoms with Crippen LogP contribution >= 0.6 is 11.8 Å². The van der Waals surface area contributed by atoms with Gasteiger partial charge < -0.3 is 9.15 Å². The average molecular weight is 281 g/mol. The number of amides is 2. The Kier molecular flexibility index (Phi) is 4.06. The van der Waals surface area contributed by atoms with Gasteiger partial charge in [0, 0.05) is 6.08 Å². The van der Waals surface area contributed by atoms with Crippen molar-refractivity contribution in [3.05, 3.63) is 29.1 Å². The van der Waals surface area contributed by atoms with E-state index in [4.69, 9.17) is 9.15 Å². The zero-order valence-corrected chi connectivity index (χ0v) is 10.9. The molecule has 0 saturated carbocycles. The van der Waals surface area contributed by atoms with Crippen molar-refractivity contribution in [1.29, 1.82) is 0 Å². The lowest BCUT2D eigenvalue weighted by molar-refractivity contribution is -0.145. The number of rotatable bonds is 4. The Balaban J connectivity index is 2.10. The van der Waals surface area contributed by atoms with Gasteiger partial charge in [0.2, 0.25) is 0 Å². The van der Waals surface area contributed by atoms with Crippen molar-refractivity contribution in [1.82, 2.24) is 4.90 Å². The zero-order chi connectivity index (χ0) is 13.8. The molecule has 1 saturated heterocycles. The number of carbonyl (C=O) groups is 3. The Bertz CT molecular complexity index is 534. The summed E-state index contributed by atoms with van der Waals surface area (Å²) in [6, 6.07) is 3.34. The van der Waals surface area contributed by atoms with Crippen LogP contribution in [0.3, 0.4) is 0 Å². The van der Waals surface area contributed by atoms with Crippen molar-refractivity contribution in [2.75, 3.05) is 13.2 Å². The molecule has 7 heteroatoms. The molecule has 6 nitrogen and oxygen atoms in total. The molecule has 1 aliphatic heterocycles. The first-order valence-electron chi connectivity index (χ1n) is 5.56. The van der Waals surface area contributed by atoms with Crippen LogP contribution in [0, 0.1) is 0 Å². The van der Waals surface area contributed by atoms with Crippen molar-refractivity contribution in [3.63, 3.8) is 0 Å². The lowest BCUT2D eigenvalue weighted by Gasteiger charge is -2.10. The largest absolute Gasteiger partial charge is 0.465 e. The number of imide groups is 1. The molecular formula is C12H11NO5S. The summed E-state index contributed by atoms with van der Waals surface area (Å²) in [5.74, 6) is -0.648. The fraction of sp³-hybridized carbons (Fsp3) is 0.250. The number of nitrogens with zero attached hydrogens (tertiary/aromatic N) is 1. The third-order valence-corrected chi connectivity index (χ3v) is 3.19. The van der Waals surface area contributed by atoms with Crippen molar-refractivity contribution in [2.24, 2.45) is 0 Å². The van der Waals surface area contributed by atoms with E-state index in [2.05, 4.69) is 0 Å². The maximum Gasteiger partial charge on any atom is 0.326 e. The van der Waals surface area contributed by atoms with Crippen molar-refractivity contribution in [3.8, 4) is 0 Å². The van der Waals surface area contributed by atoms with Crippen LogP contribution in [0.15, 0.2) is 27.7 Å². The summed E-state index contributed by atoms with van der Waals surface area (Å²) in [6.45, 7) is 1.49. The minimum absolute atomic E-state index is 0.206. The molecule has 0 unspecified atom stereocenters. The minimum Gasteiger partial charge on any atom is -0.465 e. The summed E-state index contributed by atoms with van der Waals surface area (Å²) >= 11 is 0.771. The Morgan fingerprint density at radius 1 is 1.53 bits per heavy atom. The molecule has 2 rings (SSSR count). The van der Waals surface area contributed by atoms with E-state index in [-0.39, 0.29) is 18.1 Å². The highest BCUT2D eigenvalue weighted by Gasteiger charge is 2.36. The Morgan fingerprint density at radius 3 is 2.95 bits per heavy atom. The summed E-state index contributed by atoms with van der Waals surface area (Å²) in [5, 5.41) is -0.490. The van der Waals surface area contributed by atoms with E-state index in [1.807, 2.05) is 0 Å². The van der Waals surface area contributed by atoms with Crippen LogP contribution in [0.25, 0.3) is 6.08 Å². The molecule has 1 fully saturated rings. The molecule has 0 aromatic carbocycles. The van der Waals surface area contributed by atoms with E-state index in [0.29, 0.717) is 5.76 Å². The van der Waals surface area contributed by atoms with Crippen LogP contribution in [0.4, 0.5) is 4.79 Å². The van der Waals surface area contributed by atoms with E-state index in [9.17, 15) is 14.4 Å². The highest BCUT2D eigenvalue weighted by Crippen LogP contribution is 2.32. The molecule has 0 atom stereocenters. The summed E-state index contributed by atoms with van der Waals surface area (Å²) in [6.07, 6.45) is 2.94. The Morgan fingerprint density at radius 2 is 2.32 bits per heavy atom. The number of esters is 1. The molecule has 1 aromatic heterocycles. The molecule has 1 aromatic rings. The van der Waals surface area contributed by atoms with Gasteiger partial charge in [0.05, 0.1) is 17.8 Å². The van der Waals surface area contributed by atoms with Crippen LogP contribution in [0.2, 0.25) is 0 Å². The predicted molar refractivity (Wildman–Crippen MR) is 68.0 cm³/mol. The van der Waals surface area contributed by atoms with Crippen LogP contribution in [-0.4, -0.2) is 35.2 Å². The third kappa shape index (κ3) is 3.05. The molecular weight excluding hydrogens is 270 g/mol. The maximum atomic E-state index is 11.9. The van der Waals surface area contributed by atoms with Gasteiger partial charge in [-0.2, -0.15) is 0 Å². The number of ether oxygens (including phenoxy) is 1. The molecule has 0 spiro atoms. The van der Waals surface area contributed by atoms with Crippen LogP contribution in [0.1, 0.15) is 12.7 Å². The van der Waals surface area contributed by atoms with Gasteiger partial charge in [-0.05, 0) is 30.8 Å². The highest BCUT2D eigenvalue weighted by atomic mass is 32.2. The molecule has 0 radical (unpaired) electrons. The van der Waals surface area contributed by atoms with Gasteiger partial charge >= 0.3 is 5.97 Å². The normalized spacial score (nSPS) is 17.3. The van der Waals surface area contributed by atoms with Gasteiger partial charge in [0.15, 0.2) is 0 Å². The van der Waals surface area contributed by atoms with E-state index >= 15 is 0 Å². The van der Waals surface area contributed by atoms with E-state index in [1.54, 1.807) is 19.1 Å². The Hall–Kier alpha value is -2.02. The molecule has 100 valence electrons. The molecule has 2 heterocycles. The first-order chi connectivity index (χ1) is 9.11. The fourth-order valence-electron chi connectivity index (χ4n) is 1.47. The quantitative estimate of drug-likeness (QED) is 0.619. The number of furan rings is 1. The van der Waals surface area contributed by atoms with Gasteiger partial charge in [-0.15, -0.1) is 0 Å². The van der Waals surface area contributed by atoms with Gasteiger partial charge in [0.1, 0.15) is 12.3 Å². The lowest BCUT2D eigenvalue weighted by atomic mass is 10.3. The number of hydrogen-bond donors (Lipinski definition) is 0. The first-order valence-corrected chi connectivity index (χ1v) is 6.38. The molecule has 0 bridgehead atoms. The van der Waals surface area contributed by atoms with Crippen LogP contribution < -0.4 is 0 Å². The topological polar surface area (TPSA) is 76.8 Å². The monoisotopic (exact) mass is 281 g/mol. The van der Waals surface area contributed by atoms with Crippen LogP contribution in [-0.2, 0) is 14.3 Å². The van der Waals surface area contributed by atoms with Crippen molar-refractivity contribution >= 4 is 35.0 Å². The second-order valence-electron chi connectivity index (χ2n) is 3.59. The van der Waals surface area contributed by atoms with Gasteiger partial charge in [-0.25, -0.2) is 0 Å². The number of hydrogen-bond acceptors (Lipinski definition) is 6. The van der Waals surface area contributed by atoms with Gasteiger partial charge in [-0.1, -0.05) is 0 Å². The first kappa shape index (κ1) is 13.4. The highest BCUT2D eigenvalue weighted by molar-refractivity contribution is 8.18. The Labute approximate surface area is 113 Å². The number of thioether (sulfide) groups is 1.